The molecule has 0 spiro atoms. The van der Waals surface area contributed by atoms with Gasteiger partial charge >= 0.3 is 0 Å². The molecule has 0 radical (unpaired) electrons. The third kappa shape index (κ3) is 4.89. The zero-order valence-corrected chi connectivity index (χ0v) is 18.4. The molecular weight excluding hydrogens is 437 g/mol. The van der Waals surface area contributed by atoms with Gasteiger partial charge in [-0.2, -0.15) is 5.10 Å². The molecule has 9 heteroatoms. The van der Waals surface area contributed by atoms with Crippen molar-refractivity contribution < 1.29 is 9.59 Å². The first-order chi connectivity index (χ1) is 14.9. The van der Waals surface area contributed by atoms with E-state index in [4.69, 9.17) is 23.2 Å². The molecule has 0 bridgehead atoms. The molecule has 0 saturated carbocycles. The highest BCUT2D eigenvalue weighted by Gasteiger charge is 2.29. The summed E-state index contributed by atoms with van der Waals surface area (Å²) in [6, 6.07) is 12.2. The number of halogens is 2. The molecule has 1 aliphatic heterocycles. The predicted octanol–water partition coefficient (Wildman–Crippen LogP) is 4.58. The number of aromatic amines is 1. The minimum atomic E-state index is -0.296. The summed E-state index contributed by atoms with van der Waals surface area (Å²) in [7, 11) is 0. The van der Waals surface area contributed by atoms with E-state index in [1.165, 1.54) is 0 Å². The average molecular weight is 458 g/mol. The molecule has 2 amide bonds. The summed E-state index contributed by atoms with van der Waals surface area (Å²) in [4.78, 5) is 31.8. The van der Waals surface area contributed by atoms with Crippen LogP contribution in [-0.4, -0.2) is 45.0 Å². The van der Waals surface area contributed by atoms with Crippen LogP contribution >= 0.6 is 23.2 Å². The maximum atomic E-state index is 12.9. The van der Waals surface area contributed by atoms with Crippen LogP contribution in [0.3, 0.4) is 0 Å². The smallest absolute Gasteiger partial charge is 0.253 e. The van der Waals surface area contributed by atoms with Crippen LogP contribution in [0.15, 0.2) is 42.5 Å². The van der Waals surface area contributed by atoms with E-state index >= 15 is 0 Å². The summed E-state index contributed by atoms with van der Waals surface area (Å²) in [5, 5.41) is 10.7. The maximum absolute atomic E-state index is 12.9. The van der Waals surface area contributed by atoms with Crippen molar-refractivity contribution in [3.63, 3.8) is 0 Å². The third-order valence-corrected chi connectivity index (χ3v) is 5.97. The highest BCUT2D eigenvalue weighted by Crippen LogP contribution is 2.26. The van der Waals surface area contributed by atoms with Gasteiger partial charge in [0.1, 0.15) is 5.82 Å². The fourth-order valence-electron chi connectivity index (χ4n) is 3.64. The van der Waals surface area contributed by atoms with Gasteiger partial charge in [-0.1, -0.05) is 35.3 Å². The van der Waals surface area contributed by atoms with Gasteiger partial charge in [-0.25, -0.2) is 4.98 Å². The van der Waals surface area contributed by atoms with Crippen LogP contribution in [0.2, 0.25) is 10.0 Å². The Balaban J connectivity index is 1.43. The number of amides is 2. The number of aromatic nitrogens is 3. The van der Waals surface area contributed by atoms with Gasteiger partial charge in [-0.05, 0) is 50.1 Å². The van der Waals surface area contributed by atoms with Crippen molar-refractivity contribution in [2.45, 2.75) is 19.8 Å². The van der Waals surface area contributed by atoms with Crippen molar-refractivity contribution in [1.82, 2.24) is 20.1 Å². The highest BCUT2D eigenvalue weighted by atomic mass is 35.5. The van der Waals surface area contributed by atoms with E-state index in [0.29, 0.717) is 40.2 Å². The Labute approximate surface area is 189 Å². The number of carbonyl (C=O) groups excluding carboxylic acids is 2. The number of rotatable bonds is 4. The molecule has 2 N–H and O–H groups in total. The van der Waals surface area contributed by atoms with Gasteiger partial charge in [0.05, 0.1) is 16.0 Å². The molecule has 1 fully saturated rings. The molecule has 0 aliphatic carbocycles. The van der Waals surface area contributed by atoms with Gasteiger partial charge in [0.25, 0.3) is 5.91 Å². The number of carbonyl (C=O) groups is 2. The van der Waals surface area contributed by atoms with Crippen LogP contribution < -0.4 is 5.32 Å². The van der Waals surface area contributed by atoms with Gasteiger partial charge in [0, 0.05) is 29.9 Å². The molecule has 7 nitrogen and oxygen atoms in total. The van der Waals surface area contributed by atoms with Crippen LogP contribution in [0.5, 0.6) is 0 Å². The minimum absolute atomic E-state index is 0.116. The van der Waals surface area contributed by atoms with E-state index in [2.05, 4.69) is 20.5 Å². The topological polar surface area (TPSA) is 91.0 Å². The van der Waals surface area contributed by atoms with Crippen LogP contribution in [0.25, 0.3) is 11.4 Å². The molecule has 1 aromatic heterocycles. The van der Waals surface area contributed by atoms with E-state index < -0.39 is 0 Å². The first-order valence-electron chi connectivity index (χ1n) is 9.95. The fraction of sp³-hybridized carbons (Fsp3) is 0.273. The van der Waals surface area contributed by atoms with Crippen molar-refractivity contribution in [1.29, 1.82) is 0 Å². The Bertz CT molecular complexity index is 1130. The van der Waals surface area contributed by atoms with E-state index in [9.17, 15) is 9.59 Å². The Kier molecular flexibility index (Phi) is 6.25. The molecule has 4 rings (SSSR count). The fourth-order valence-corrected chi connectivity index (χ4v) is 3.94. The maximum Gasteiger partial charge on any atom is 0.253 e. The first kappa shape index (κ1) is 21.3. The van der Waals surface area contributed by atoms with E-state index in [1.807, 2.05) is 31.2 Å². The normalized spacial score (nSPS) is 16.2. The Morgan fingerprint density at radius 1 is 1.16 bits per heavy atom. The molecule has 1 atom stereocenters. The SMILES string of the molecule is Cc1nc(-c2cccc(NC(=O)C3CCCN(C(=O)c4ccc(Cl)c(Cl)c4)C3)c2)n[nH]1. The zero-order chi connectivity index (χ0) is 22.0. The van der Waals surface area contributed by atoms with E-state index in [1.54, 1.807) is 23.1 Å². The van der Waals surface area contributed by atoms with Crippen LogP contribution in [0.4, 0.5) is 5.69 Å². The Morgan fingerprint density at radius 3 is 2.74 bits per heavy atom. The summed E-state index contributed by atoms with van der Waals surface area (Å²) in [5.74, 6) is 0.728. The quantitative estimate of drug-likeness (QED) is 0.599. The van der Waals surface area contributed by atoms with Gasteiger partial charge in [-0.3, -0.25) is 14.7 Å². The zero-order valence-electron chi connectivity index (χ0n) is 16.9. The second-order valence-electron chi connectivity index (χ2n) is 7.53. The second-order valence-corrected chi connectivity index (χ2v) is 8.35. The molecule has 160 valence electrons. The van der Waals surface area contributed by atoms with E-state index in [0.717, 1.165) is 24.2 Å². The van der Waals surface area contributed by atoms with Crippen molar-refractivity contribution in [3.8, 4) is 11.4 Å². The average Bonchev–Trinajstić information content (AvgIpc) is 3.22. The lowest BCUT2D eigenvalue weighted by molar-refractivity contribution is -0.121. The first-order valence-corrected chi connectivity index (χ1v) is 10.7. The summed E-state index contributed by atoms with van der Waals surface area (Å²) >= 11 is 12.0. The number of H-pyrrole nitrogens is 1. The molecule has 3 aromatic rings. The van der Waals surface area contributed by atoms with E-state index in [-0.39, 0.29) is 17.7 Å². The lowest BCUT2D eigenvalue weighted by Crippen LogP contribution is -2.43. The lowest BCUT2D eigenvalue weighted by Gasteiger charge is -2.32. The largest absolute Gasteiger partial charge is 0.338 e. The standard InChI is InChI=1S/C22H21Cl2N5O2/c1-13-25-20(28-27-13)14-4-2-6-17(10-14)26-21(30)16-5-3-9-29(12-16)22(31)15-7-8-18(23)19(24)11-15/h2,4,6-8,10-11,16H,3,5,9,12H2,1H3,(H,26,30)(H,25,27,28). The minimum Gasteiger partial charge on any atom is -0.338 e. The highest BCUT2D eigenvalue weighted by molar-refractivity contribution is 6.42. The molecule has 1 aliphatic rings. The number of anilines is 1. The number of hydrogen-bond acceptors (Lipinski definition) is 4. The summed E-state index contributed by atoms with van der Waals surface area (Å²) in [6.45, 7) is 2.78. The second kappa shape index (κ2) is 9.08. The lowest BCUT2D eigenvalue weighted by atomic mass is 9.96. The summed E-state index contributed by atoms with van der Waals surface area (Å²) in [5.41, 5.74) is 1.94. The number of nitrogens with zero attached hydrogens (tertiary/aromatic N) is 3. The van der Waals surface area contributed by atoms with Crippen molar-refractivity contribution in [2.75, 3.05) is 18.4 Å². The summed E-state index contributed by atoms with van der Waals surface area (Å²) in [6.07, 6.45) is 1.47. The number of benzene rings is 2. The summed E-state index contributed by atoms with van der Waals surface area (Å²) < 4.78 is 0. The van der Waals surface area contributed by atoms with Gasteiger partial charge in [-0.15, -0.1) is 0 Å². The predicted molar refractivity (Wildman–Crippen MR) is 120 cm³/mol. The Hall–Kier alpha value is -2.90. The number of aryl methyl sites for hydroxylation is 1. The van der Waals surface area contributed by atoms with Crippen LogP contribution in [-0.2, 0) is 4.79 Å². The molecule has 2 heterocycles. The number of hydrogen-bond donors (Lipinski definition) is 2. The van der Waals surface area contributed by atoms with Crippen molar-refractivity contribution in [2.24, 2.45) is 5.92 Å². The van der Waals surface area contributed by atoms with Crippen LogP contribution in [0.1, 0.15) is 29.0 Å². The molecule has 31 heavy (non-hydrogen) atoms. The van der Waals surface area contributed by atoms with Crippen LogP contribution in [0, 0.1) is 12.8 Å². The monoisotopic (exact) mass is 457 g/mol. The number of nitrogens with one attached hydrogen (secondary N) is 2. The number of piperidine rings is 1. The molecule has 2 aromatic carbocycles. The van der Waals surface area contributed by atoms with Crippen molar-refractivity contribution >= 4 is 40.7 Å². The van der Waals surface area contributed by atoms with Gasteiger partial charge in [0.2, 0.25) is 5.91 Å². The third-order valence-electron chi connectivity index (χ3n) is 5.23. The molecule has 1 unspecified atom stereocenters. The molecular formula is C22H21Cl2N5O2. The van der Waals surface area contributed by atoms with Gasteiger partial charge < -0.3 is 10.2 Å². The van der Waals surface area contributed by atoms with Crippen molar-refractivity contribution in [3.05, 3.63) is 63.9 Å². The Morgan fingerprint density at radius 2 is 2.00 bits per heavy atom. The van der Waals surface area contributed by atoms with Gasteiger partial charge in [0.15, 0.2) is 5.82 Å². The number of likely N-dealkylation sites (tertiary alicyclic amines) is 1. The molecule has 1 saturated heterocycles.